The Hall–Kier alpha value is -1.32. The van der Waals surface area contributed by atoms with Crippen molar-refractivity contribution < 1.29 is 24.2 Å². The second-order valence-electron chi connectivity index (χ2n) is 4.20. The second-order valence-corrected chi connectivity index (χ2v) is 5.35. The number of amides is 3. The molecule has 1 aliphatic rings. The van der Waals surface area contributed by atoms with Gasteiger partial charge in [0, 0.05) is 31.7 Å². The van der Waals surface area contributed by atoms with Crippen LogP contribution in [-0.2, 0) is 14.3 Å². The van der Waals surface area contributed by atoms with Gasteiger partial charge in [0.25, 0.3) is 0 Å². The molecule has 9 heteroatoms. The van der Waals surface area contributed by atoms with Gasteiger partial charge in [0.1, 0.15) is 6.04 Å². The summed E-state index contributed by atoms with van der Waals surface area (Å²) in [5.41, 5.74) is 0. The van der Waals surface area contributed by atoms with Gasteiger partial charge in [-0.2, -0.15) is 11.8 Å². The number of nitrogens with one attached hydrogen (secondary N) is 2. The number of urea groups is 1. The SMILES string of the molecule is COCCNC(=O)NC(=O)CN1CCSCC1C(=O)O. The minimum absolute atomic E-state index is 0.102. The molecule has 0 spiro atoms. The number of methoxy groups -OCH3 is 1. The molecule has 1 heterocycles. The largest absolute Gasteiger partial charge is 0.480 e. The lowest BCUT2D eigenvalue weighted by Crippen LogP contribution is -2.52. The highest BCUT2D eigenvalue weighted by molar-refractivity contribution is 7.99. The van der Waals surface area contributed by atoms with Gasteiger partial charge in [0.05, 0.1) is 13.2 Å². The van der Waals surface area contributed by atoms with Gasteiger partial charge in [-0.25, -0.2) is 4.79 Å². The van der Waals surface area contributed by atoms with Crippen molar-refractivity contribution in [2.75, 3.05) is 44.9 Å². The number of carboxylic acid groups (broad SMARTS) is 1. The maximum Gasteiger partial charge on any atom is 0.321 e. The van der Waals surface area contributed by atoms with Crippen molar-refractivity contribution in [1.82, 2.24) is 15.5 Å². The summed E-state index contributed by atoms with van der Waals surface area (Å²) < 4.78 is 4.76. The topological polar surface area (TPSA) is 108 Å². The molecule has 8 nitrogen and oxygen atoms in total. The van der Waals surface area contributed by atoms with E-state index in [4.69, 9.17) is 9.84 Å². The number of carbonyl (C=O) groups is 3. The number of aliphatic carboxylic acids is 1. The molecule has 0 saturated carbocycles. The molecule has 0 radical (unpaired) electrons. The van der Waals surface area contributed by atoms with Crippen LogP contribution in [0.5, 0.6) is 0 Å². The van der Waals surface area contributed by atoms with Crippen LogP contribution in [0, 0.1) is 0 Å². The zero-order valence-corrected chi connectivity index (χ0v) is 12.1. The molecule has 1 rings (SSSR count). The number of hydrogen-bond acceptors (Lipinski definition) is 6. The molecule has 3 N–H and O–H groups in total. The molecule has 20 heavy (non-hydrogen) atoms. The summed E-state index contributed by atoms with van der Waals surface area (Å²) in [5.74, 6) is -0.243. The van der Waals surface area contributed by atoms with E-state index in [1.54, 1.807) is 16.7 Å². The van der Waals surface area contributed by atoms with Crippen molar-refractivity contribution in [2.24, 2.45) is 0 Å². The monoisotopic (exact) mass is 305 g/mol. The molecule has 0 bridgehead atoms. The van der Waals surface area contributed by atoms with Crippen molar-refractivity contribution in [3.05, 3.63) is 0 Å². The Morgan fingerprint density at radius 1 is 1.45 bits per heavy atom. The van der Waals surface area contributed by atoms with Gasteiger partial charge in [-0.05, 0) is 0 Å². The number of ether oxygens (including phenoxy) is 1. The predicted molar refractivity (Wildman–Crippen MR) is 73.7 cm³/mol. The van der Waals surface area contributed by atoms with Gasteiger partial charge in [-0.1, -0.05) is 0 Å². The fourth-order valence-corrected chi connectivity index (χ4v) is 2.82. The van der Waals surface area contributed by atoms with Crippen molar-refractivity contribution >= 4 is 29.7 Å². The van der Waals surface area contributed by atoms with E-state index in [1.165, 1.54) is 7.11 Å². The third kappa shape index (κ3) is 5.76. The van der Waals surface area contributed by atoms with E-state index in [-0.39, 0.29) is 6.54 Å². The van der Waals surface area contributed by atoms with Gasteiger partial charge >= 0.3 is 12.0 Å². The second kappa shape index (κ2) is 8.77. The van der Waals surface area contributed by atoms with Crippen LogP contribution in [0.4, 0.5) is 4.79 Å². The molecule has 0 aromatic heterocycles. The molecule has 1 atom stereocenters. The average molecular weight is 305 g/mol. The fraction of sp³-hybridized carbons (Fsp3) is 0.727. The first-order valence-corrected chi connectivity index (χ1v) is 7.31. The minimum atomic E-state index is -0.949. The lowest BCUT2D eigenvalue weighted by Gasteiger charge is -2.31. The van der Waals surface area contributed by atoms with E-state index in [9.17, 15) is 14.4 Å². The molecule has 1 saturated heterocycles. The summed E-state index contributed by atoms with van der Waals surface area (Å²) >= 11 is 1.54. The maximum atomic E-state index is 11.7. The number of nitrogens with zero attached hydrogens (tertiary/aromatic N) is 1. The summed E-state index contributed by atoms with van der Waals surface area (Å²) in [6.45, 7) is 1.06. The highest BCUT2D eigenvalue weighted by atomic mass is 32.2. The number of imide groups is 1. The molecule has 0 aromatic rings. The van der Waals surface area contributed by atoms with E-state index in [0.29, 0.717) is 25.4 Å². The summed E-state index contributed by atoms with van der Waals surface area (Å²) in [5, 5.41) is 13.7. The molecule has 1 aliphatic heterocycles. The van der Waals surface area contributed by atoms with Crippen LogP contribution in [-0.4, -0.2) is 78.8 Å². The van der Waals surface area contributed by atoms with Crippen molar-refractivity contribution in [3.63, 3.8) is 0 Å². The Bertz CT molecular complexity index is 366. The zero-order chi connectivity index (χ0) is 15.0. The third-order valence-electron chi connectivity index (χ3n) is 2.72. The van der Waals surface area contributed by atoms with E-state index in [2.05, 4.69) is 10.6 Å². The molecule has 0 aromatic carbocycles. The van der Waals surface area contributed by atoms with E-state index < -0.39 is 23.9 Å². The number of carbonyl (C=O) groups excluding carboxylic acids is 2. The number of thioether (sulfide) groups is 1. The lowest BCUT2D eigenvalue weighted by atomic mass is 10.2. The Labute approximate surface area is 121 Å². The first kappa shape index (κ1) is 16.7. The van der Waals surface area contributed by atoms with Crippen LogP contribution < -0.4 is 10.6 Å². The summed E-state index contributed by atoms with van der Waals surface area (Å²) in [6.07, 6.45) is 0. The Morgan fingerprint density at radius 2 is 2.20 bits per heavy atom. The summed E-state index contributed by atoms with van der Waals surface area (Å²) in [6, 6.07) is -1.29. The number of carboxylic acids is 1. The number of rotatable bonds is 6. The third-order valence-corrected chi connectivity index (χ3v) is 3.74. The molecule has 114 valence electrons. The van der Waals surface area contributed by atoms with Crippen molar-refractivity contribution in [1.29, 1.82) is 0 Å². The fourth-order valence-electron chi connectivity index (χ4n) is 1.72. The van der Waals surface area contributed by atoms with Crippen LogP contribution in [0.3, 0.4) is 0 Å². The normalized spacial score (nSPS) is 19.4. The van der Waals surface area contributed by atoms with Gasteiger partial charge in [-0.3, -0.25) is 19.8 Å². The van der Waals surface area contributed by atoms with E-state index >= 15 is 0 Å². The molecule has 3 amide bonds. The van der Waals surface area contributed by atoms with Crippen molar-refractivity contribution in [2.45, 2.75) is 6.04 Å². The van der Waals surface area contributed by atoms with Crippen LogP contribution in [0.2, 0.25) is 0 Å². The van der Waals surface area contributed by atoms with Gasteiger partial charge < -0.3 is 15.2 Å². The minimum Gasteiger partial charge on any atom is -0.480 e. The average Bonchev–Trinajstić information content (AvgIpc) is 2.39. The Morgan fingerprint density at radius 3 is 2.85 bits per heavy atom. The standard InChI is InChI=1S/C11H19N3O5S/c1-19-4-2-12-11(18)13-9(15)6-14-3-5-20-7-8(14)10(16)17/h8H,2-7H2,1H3,(H,16,17)(H2,12,13,15,18). The molecule has 0 aliphatic carbocycles. The molecular formula is C11H19N3O5S. The molecule has 1 fully saturated rings. The van der Waals surface area contributed by atoms with Gasteiger partial charge in [0.15, 0.2) is 0 Å². The molecule has 1 unspecified atom stereocenters. The molecular weight excluding hydrogens is 286 g/mol. The van der Waals surface area contributed by atoms with Crippen LogP contribution in [0.25, 0.3) is 0 Å². The first-order chi connectivity index (χ1) is 9.54. The van der Waals surface area contributed by atoms with Crippen LogP contribution >= 0.6 is 11.8 Å². The predicted octanol–water partition coefficient (Wildman–Crippen LogP) is -1.04. The smallest absolute Gasteiger partial charge is 0.321 e. The highest BCUT2D eigenvalue weighted by Crippen LogP contribution is 2.16. The van der Waals surface area contributed by atoms with E-state index in [0.717, 1.165) is 5.75 Å². The van der Waals surface area contributed by atoms with Crippen molar-refractivity contribution in [3.8, 4) is 0 Å². The number of hydrogen-bond donors (Lipinski definition) is 3. The van der Waals surface area contributed by atoms with Crippen LogP contribution in [0.1, 0.15) is 0 Å². The Kier molecular flexibility index (Phi) is 7.34. The lowest BCUT2D eigenvalue weighted by molar-refractivity contribution is -0.142. The van der Waals surface area contributed by atoms with Crippen LogP contribution in [0.15, 0.2) is 0 Å². The summed E-state index contributed by atoms with van der Waals surface area (Å²) in [4.78, 5) is 35.7. The Balaban J connectivity index is 2.36. The van der Waals surface area contributed by atoms with E-state index in [1.807, 2.05) is 0 Å². The first-order valence-electron chi connectivity index (χ1n) is 6.15. The highest BCUT2D eigenvalue weighted by Gasteiger charge is 2.30. The van der Waals surface area contributed by atoms with Gasteiger partial charge in [-0.15, -0.1) is 0 Å². The zero-order valence-electron chi connectivity index (χ0n) is 11.3. The quantitative estimate of drug-likeness (QED) is 0.538. The van der Waals surface area contributed by atoms with Gasteiger partial charge in [0.2, 0.25) is 5.91 Å². The maximum absolute atomic E-state index is 11.7. The summed E-state index contributed by atoms with van der Waals surface area (Å²) in [7, 11) is 1.51.